The highest BCUT2D eigenvalue weighted by Crippen LogP contribution is 2.25. The van der Waals surface area contributed by atoms with Crippen molar-refractivity contribution in [3.05, 3.63) is 47.1 Å². The van der Waals surface area contributed by atoms with E-state index in [1.165, 1.54) is 0 Å². The van der Waals surface area contributed by atoms with E-state index in [1.807, 2.05) is 31.2 Å². The van der Waals surface area contributed by atoms with Crippen molar-refractivity contribution in [1.82, 2.24) is 15.1 Å². The summed E-state index contributed by atoms with van der Waals surface area (Å²) in [5.41, 5.74) is 1.62. The number of anilines is 2. The van der Waals surface area contributed by atoms with Crippen LogP contribution in [0.3, 0.4) is 0 Å². The lowest BCUT2D eigenvalue weighted by Gasteiger charge is -2.35. The van der Waals surface area contributed by atoms with Gasteiger partial charge in [0, 0.05) is 32.4 Å². The predicted octanol–water partition coefficient (Wildman–Crippen LogP) is 2.79. The quantitative estimate of drug-likeness (QED) is 0.919. The summed E-state index contributed by atoms with van der Waals surface area (Å²) in [7, 11) is 0. The number of halogens is 1. The molecule has 1 aromatic carbocycles. The monoisotopic (exact) mass is 331 g/mol. The standard InChI is InChI=1S/C16H18ClN5O/c1-12-4-2-5-13(17)15(12)19-16(23)22-10-8-21(9-11-22)14-6-3-7-18-20-14/h2-7H,8-11H2,1H3,(H,19,23). The molecule has 7 heteroatoms. The summed E-state index contributed by atoms with van der Waals surface area (Å²) in [5.74, 6) is 0.842. The number of amides is 2. The van der Waals surface area contributed by atoms with E-state index in [1.54, 1.807) is 17.2 Å². The molecule has 1 aliphatic rings. The summed E-state index contributed by atoms with van der Waals surface area (Å²) in [6.07, 6.45) is 1.65. The van der Waals surface area contributed by atoms with Gasteiger partial charge in [-0.05, 0) is 30.7 Å². The Labute approximate surface area is 140 Å². The lowest BCUT2D eigenvalue weighted by Crippen LogP contribution is -2.50. The van der Waals surface area contributed by atoms with Crippen molar-refractivity contribution in [3.63, 3.8) is 0 Å². The molecule has 0 spiro atoms. The molecule has 2 heterocycles. The smallest absolute Gasteiger partial charge is 0.322 e. The number of nitrogens with zero attached hydrogens (tertiary/aromatic N) is 4. The maximum atomic E-state index is 12.4. The minimum Gasteiger partial charge on any atom is -0.352 e. The van der Waals surface area contributed by atoms with Gasteiger partial charge in [0.1, 0.15) is 0 Å². The molecule has 0 saturated carbocycles. The lowest BCUT2D eigenvalue weighted by atomic mass is 10.2. The third kappa shape index (κ3) is 3.53. The first kappa shape index (κ1) is 15.6. The number of hydrogen-bond donors (Lipinski definition) is 1. The van der Waals surface area contributed by atoms with E-state index in [4.69, 9.17) is 11.6 Å². The molecule has 2 aromatic rings. The van der Waals surface area contributed by atoms with Gasteiger partial charge in [0.05, 0.1) is 10.7 Å². The molecule has 2 amide bonds. The SMILES string of the molecule is Cc1cccc(Cl)c1NC(=O)N1CCN(c2cccnn2)CC1. The summed E-state index contributed by atoms with van der Waals surface area (Å²) in [6, 6.07) is 9.23. The van der Waals surface area contributed by atoms with Crippen molar-refractivity contribution in [2.45, 2.75) is 6.92 Å². The molecule has 0 atom stereocenters. The third-order valence-corrected chi connectivity index (χ3v) is 4.22. The third-order valence-electron chi connectivity index (χ3n) is 3.90. The molecular weight excluding hydrogens is 314 g/mol. The number of carbonyl (C=O) groups excluding carboxylic acids is 1. The van der Waals surface area contributed by atoms with Gasteiger partial charge in [-0.2, -0.15) is 5.10 Å². The number of benzene rings is 1. The molecule has 3 rings (SSSR count). The van der Waals surface area contributed by atoms with Gasteiger partial charge >= 0.3 is 6.03 Å². The summed E-state index contributed by atoms with van der Waals surface area (Å²) in [5, 5.41) is 11.5. The molecule has 0 radical (unpaired) electrons. The van der Waals surface area contributed by atoms with Gasteiger partial charge in [0.15, 0.2) is 5.82 Å². The van der Waals surface area contributed by atoms with Crippen molar-refractivity contribution in [1.29, 1.82) is 0 Å². The van der Waals surface area contributed by atoms with Crippen molar-refractivity contribution >= 4 is 29.1 Å². The van der Waals surface area contributed by atoms with Crippen LogP contribution in [-0.4, -0.2) is 47.3 Å². The summed E-state index contributed by atoms with van der Waals surface area (Å²) < 4.78 is 0. The molecule has 1 saturated heterocycles. The van der Waals surface area contributed by atoms with Crippen LogP contribution in [0.15, 0.2) is 36.5 Å². The molecule has 0 unspecified atom stereocenters. The van der Waals surface area contributed by atoms with Crippen molar-refractivity contribution in [2.24, 2.45) is 0 Å². The molecule has 1 fully saturated rings. The minimum atomic E-state index is -0.125. The fraction of sp³-hybridized carbons (Fsp3) is 0.312. The van der Waals surface area contributed by atoms with E-state index in [2.05, 4.69) is 20.4 Å². The highest BCUT2D eigenvalue weighted by molar-refractivity contribution is 6.33. The fourth-order valence-electron chi connectivity index (χ4n) is 2.58. The van der Waals surface area contributed by atoms with Gasteiger partial charge in [-0.15, -0.1) is 5.10 Å². The molecule has 1 aromatic heterocycles. The number of nitrogens with one attached hydrogen (secondary N) is 1. The van der Waals surface area contributed by atoms with Crippen LogP contribution in [0.5, 0.6) is 0 Å². The second-order valence-corrected chi connectivity index (χ2v) is 5.83. The molecule has 0 bridgehead atoms. The Morgan fingerprint density at radius 3 is 2.61 bits per heavy atom. The summed E-state index contributed by atoms with van der Waals surface area (Å²) >= 11 is 6.16. The molecule has 1 aliphatic heterocycles. The van der Waals surface area contributed by atoms with Gasteiger partial charge < -0.3 is 15.1 Å². The van der Waals surface area contributed by atoms with Gasteiger partial charge in [-0.1, -0.05) is 23.7 Å². The van der Waals surface area contributed by atoms with Crippen LogP contribution >= 0.6 is 11.6 Å². The van der Waals surface area contributed by atoms with Crippen LogP contribution < -0.4 is 10.2 Å². The van der Waals surface area contributed by atoms with Gasteiger partial charge in [0.2, 0.25) is 0 Å². The van der Waals surface area contributed by atoms with Crippen LogP contribution in [0.2, 0.25) is 5.02 Å². The van der Waals surface area contributed by atoms with E-state index >= 15 is 0 Å². The van der Waals surface area contributed by atoms with Crippen LogP contribution in [-0.2, 0) is 0 Å². The first-order valence-electron chi connectivity index (χ1n) is 7.49. The molecule has 120 valence electrons. The Bertz CT molecular complexity index is 666. The Kier molecular flexibility index (Phi) is 4.62. The van der Waals surface area contributed by atoms with Crippen LogP contribution in [0.4, 0.5) is 16.3 Å². The number of aryl methyl sites for hydroxylation is 1. The number of carbonyl (C=O) groups is 1. The Morgan fingerprint density at radius 1 is 1.17 bits per heavy atom. The van der Waals surface area contributed by atoms with Gasteiger partial charge in [-0.25, -0.2) is 4.79 Å². The maximum Gasteiger partial charge on any atom is 0.322 e. The number of hydrogen-bond acceptors (Lipinski definition) is 4. The molecular formula is C16H18ClN5O. The van der Waals surface area contributed by atoms with E-state index < -0.39 is 0 Å². The normalized spacial score (nSPS) is 14.7. The van der Waals surface area contributed by atoms with Crippen molar-refractivity contribution in [2.75, 3.05) is 36.4 Å². The number of urea groups is 1. The first-order chi connectivity index (χ1) is 11.1. The number of piperazine rings is 1. The minimum absolute atomic E-state index is 0.125. The van der Waals surface area contributed by atoms with E-state index in [-0.39, 0.29) is 6.03 Å². The number of rotatable bonds is 2. The zero-order valence-electron chi connectivity index (χ0n) is 12.9. The van der Waals surface area contributed by atoms with E-state index in [0.29, 0.717) is 23.8 Å². The lowest BCUT2D eigenvalue weighted by molar-refractivity contribution is 0.208. The zero-order valence-corrected chi connectivity index (χ0v) is 13.6. The second-order valence-electron chi connectivity index (χ2n) is 5.42. The van der Waals surface area contributed by atoms with Crippen LogP contribution in [0, 0.1) is 6.92 Å². The molecule has 0 aliphatic carbocycles. The van der Waals surface area contributed by atoms with Crippen LogP contribution in [0.25, 0.3) is 0 Å². The van der Waals surface area contributed by atoms with Gasteiger partial charge in [-0.3, -0.25) is 0 Å². The Balaban J connectivity index is 1.60. The highest BCUT2D eigenvalue weighted by Gasteiger charge is 2.22. The fourth-order valence-corrected chi connectivity index (χ4v) is 2.85. The van der Waals surface area contributed by atoms with E-state index in [0.717, 1.165) is 24.5 Å². The maximum absolute atomic E-state index is 12.4. The van der Waals surface area contributed by atoms with Crippen molar-refractivity contribution in [3.8, 4) is 0 Å². The zero-order chi connectivity index (χ0) is 16.2. The number of para-hydroxylation sites is 1. The first-order valence-corrected chi connectivity index (χ1v) is 7.86. The van der Waals surface area contributed by atoms with Crippen LogP contribution in [0.1, 0.15) is 5.56 Å². The van der Waals surface area contributed by atoms with Crippen molar-refractivity contribution < 1.29 is 4.79 Å². The highest BCUT2D eigenvalue weighted by atomic mass is 35.5. The number of aromatic nitrogens is 2. The van der Waals surface area contributed by atoms with Gasteiger partial charge in [0.25, 0.3) is 0 Å². The summed E-state index contributed by atoms with van der Waals surface area (Å²) in [4.78, 5) is 16.3. The largest absolute Gasteiger partial charge is 0.352 e. The average molecular weight is 332 g/mol. The Morgan fingerprint density at radius 2 is 1.96 bits per heavy atom. The summed E-state index contributed by atoms with van der Waals surface area (Å²) in [6.45, 7) is 4.65. The predicted molar refractivity (Wildman–Crippen MR) is 91.0 cm³/mol. The topological polar surface area (TPSA) is 61.4 Å². The average Bonchev–Trinajstić information content (AvgIpc) is 2.59. The molecule has 1 N–H and O–H groups in total. The second kappa shape index (κ2) is 6.83. The Hall–Kier alpha value is -2.34. The van der Waals surface area contributed by atoms with E-state index in [9.17, 15) is 4.79 Å². The molecule has 23 heavy (non-hydrogen) atoms. The molecule has 6 nitrogen and oxygen atoms in total.